The minimum atomic E-state index is -0.172. The minimum Gasteiger partial charge on any atom is -0.341 e. The highest BCUT2D eigenvalue weighted by molar-refractivity contribution is 7.99. The zero-order valence-corrected chi connectivity index (χ0v) is 17.8. The molecule has 29 heavy (non-hydrogen) atoms. The zero-order valence-electron chi connectivity index (χ0n) is 17.0. The summed E-state index contributed by atoms with van der Waals surface area (Å²) in [5.41, 5.74) is 2.52. The van der Waals surface area contributed by atoms with Crippen LogP contribution in [0.25, 0.3) is 0 Å². The van der Waals surface area contributed by atoms with Gasteiger partial charge in [-0.05, 0) is 48.3 Å². The number of hydrogen-bond acceptors (Lipinski definition) is 3. The fourth-order valence-electron chi connectivity index (χ4n) is 5.10. The molecule has 2 aromatic carbocycles. The maximum absolute atomic E-state index is 13.6. The molecule has 0 aliphatic carbocycles. The molecule has 0 spiro atoms. The number of thioether (sulfide) groups is 1. The molecule has 0 radical (unpaired) electrons. The average molecular weight is 413 g/mol. The Morgan fingerprint density at radius 3 is 2.66 bits per heavy atom. The first-order valence-corrected chi connectivity index (χ1v) is 11.7. The highest BCUT2D eigenvalue weighted by Gasteiger charge is 2.52. The molecular formula is C24H29FN2OS. The third kappa shape index (κ3) is 4.67. The fourth-order valence-corrected chi connectivity index (χ4v) is 5.53. The third-order valence-corrected chi connectivity index (χ3v) is 7.04. The van der Waals surface area contributed by atoms with Crippen LogP contribution < -0.4 is 0 Å². The summed E-state index contributed by atoms with van der Waals surface area (Å²) in [7, 11) is 0. The van der Waals surface area contributed by atoms with Crippen LogP contribution in [0.2, 0.25) is 0 Å². The summed E-state index contributed by atoms with van der Waals surface area (Å²) >= 11 is 1.60. The Kier molecular flexibility index (Phi) is 6.26. The Morgan fingerprint density at radius 1 is 1.10 bits per heavy atom. The van der Waals surface area contributed by atoms with Crippen molar-refractivity contribution in [3.63, 3.8) is 0 Å². The molecule has 0 aromatic heterocycles. The second kappa shape index (κ2) is 8.88. The molecule has 5 heteroatoms. The molecule has 154 valence electrons. The van der Waals surface area contributed by atoms with Crippen LogP contribution in [0.5, 0.6) is 0 Å². The van der Waals surface area contributed by atoms with Gasteiger partial charge in [0.25, 0.3) is 0 Å². The van der Waals surface area contributed by atoms with Crippen molar-refractivity contribution in [3.8, 4) is 0 Å². The first-order chi connectivity index (χ1) is 14.1. The maximum Gasteiger partial charge on any atom is 0.232 e. The van der Waals surface area contributed by atoms with Crippen molar-refractivity contribution in [2.75, 3.05) is 38.2 Å². The summed E-state index contributed by atoms with van der Waals surface area (Å²) in [4.78, 5) is 17.1. The minimum absolute atomic E-state index is 0.136. The summed E-state index contributed by atoms with van der Waals surface area (Å²) in [6.07, 6.45) is 4.11. The Morgan fingerprint density at radius 2 is 1.90 bits per heavy atom. The lowest BCUT2D eigenvalue weighted by Crippen LogP contribution is -2.37. The maximum atomic E-state index is 13.6. The van der Waals surface area contributed by atoms with E-state index in [2.05, 4.69) is 40.1 Å². The van der Waals surface area contributed by atoms with E-state index in [1.165, 1.54) is 11.6 Å². The molecule has 2 unspecified atom stereocenters. The molecule has 2 aromatic rings. The van der Waals surface area contributed by atoms with Gasteiger partial charge in [-0.3, -0.25) is 9.69 Å². The van der Waals surface area contributed by atoms with Gasteiger partial charge in [0.05, 0.1) is 5.75 Å². The van der Waals surface area contributed by atoms with E-state index in [0.717, 1.165) is 51.1 Å². The average Bonchev–Trinajstić information content (AvgIpc) is 3.21. The molecule has 4 rings (SSSR count). The van der Waals surface area contributed by atoms with Crippen LogP contribution in [0.4, 0.5) is 4.39 Å². The molecule has 0 N–H and O–H groups in total. The standard InChI is InChI=1S/C24H29FN2OS/c1-29-16-23(28)27-15-21-14-26(13-20-8-5-9-22(25)12-20)17-24(21,18-27)11-10-19-6-3-2-4-7-19/h2-9,12,21H,10-11,13-18H2,1H3. The number of halogens is 1. The predicted molar refractivity (Wildman–Crippen MR) is 117 cm³/mol. The summed E-state index contributed by atoms with van der Waals surface area (Å²) in [6, 6.07) is 17.6. The van der Waals surface area contributed by atoms with E-state index in [9.17, 15) is 9.18 Å². The van der Waals surface area contributed by atoms with Gasteiger partial charge in [-0.25, -0.2) is 4.39 Å². The molecule has 2 aliphatic heterocycles. The number of hydrogen-bond donors (Lipinski definition) is 0. The van der Waals surface area contributed by atoms with Gasteiger partial charge in [-0.2, -0.15) is 11.8 Å². The molecule has 1 amide bonds. The normalized spacial score (nSPS) is 24.1. The van der Waals surface area contributed by atoms with Gasteiger partial charge >= 0.3 is 0 Å². The Labute approximate surface area is 177 Å². The largest absolute Gasteiger partial charge is 0.341 e. The van der Waals surface area contributed by atoms with Crippen LogP contribution in [0.3, 0.4) is 0 Å². The van der Waals surface area contributed by atoms with Crippen molar-refractivity contribution in [2.24, 2.45) is 11.3 Å². The Balaban J connectivity index is 1.48. The Bertz CT molecular complexity index is 846. The molecule has 2 aliphatic rings. The quantitative estimate of drug-likeness (QED) is 0.685. The first-order valence-electron chi connectivity index (χ1n) is 10.4. The number of amides is 1. The fraction of sp³-hybridized carbons (Fsp3) is 0.458. The van der Waals surface area contributed by atoms with Crippen molar-refractivity contribution in [2.45, 2.75) is 19.4 Å². The van der Waals surface area contributed by atoms with Crippen LogP contribution in [0, 0.1) is 17.2 Å². The van der Waals surface area contributed by atoms with Gasteiger partial charge in [0.1, 0.15) is 5.82 Å². The first kappa shape index (κ1) is 20.4. The lowest BCUT2D eigenvalue weighted by molar-refractivity contribution is -0.128. The van der Waals surface area contributed by atoms with Crippen LogP contribution in [0.15, 0.2) is 54.6 Å². The van der Waals surface area contributed by atoms with Crippen molar-refractivity contribution in [1.29, 1.82) is 0 Å². The number of rotatable bonds is 7. The van der Waals surface area contributed by atoms with Gasteiger partial charge in [0.2, 0.25) is 5.91 Å². The van der Waals surface area contributed by atoms with Crippen LogP contribution in [-0.2, 0) is 17.8 Å². The number of benzene rings is 2. The highest BCUT2D eigenvalue weighted by atomic mass is 32.2. The van der Waals surface area contributed by atoms with Gasteiger partial charge in [-0.15, -0.1) is 0 Å². The lowest BCUT2D eigenvalue weighted by Gasteiger charge is -2.30. The number of carbonyl (C=O) groups is 1. The molecule has 2 heterocycles. The van der Waals surface area contributed by atoms with E-state index < -0.39 is 0 Å². The van der Waals surface area contributed by atoms with E-state index >= 15 is 0 Å². The van der Waals surface area contributed by atoms with Crippen LogP contribution in [0.1, 0.15) is 17.5 Å². The van der Waals surface area contributed by atoms with Crippen LogP contribution in [-0.4, -0.2) is 53.9 Å². The van der Waals surface area contributed by atoms with Gasteiger partial charge in [0.15, 0.2) is 0 Å². The number of carbonyl (C=O) groups excluding carboxylic acids is 1. The molecule has 0 bridgehead atoms. The summed E-state index contributed by atoms with van der Waals surface area (Å²) < 4.78 is 13.6. The van der Waals surface area contributed by atoms with E-state index in [1.54, 1.807) is 23.9 Å². The number of likely N-dealkylation sites (tertiary alicyclic amines) is 2. The van der Waals surface area contributed by atoms with E-state index in [4.69, 9.17) is 0 Å². The second-order valence-electron chi connectivity index (χ2n) is 8.55. The van der Waals surface area contributed by atoms with Crippen molar-refractivity contribution >= 4 is 17.7 Å². The summed E-state index contributed by atoms with van der Waals surface area (Å²) in [5, 5.41) is 0. The zero-order chi connectivity index (χ0) is 20.3. The smallest absolute Gasteiger partial charge is 0.232 e. The molecule has 3 nitrogen and oxygen atoms in total. The molecule has 2 saturated heterocycles. The van der Waals surface area contributed by atoms with Gasteiger partial charge in [-0.1, -0.05) is 42.5 Å². The van der Waals surface area contributed by atoms with Gasteiger partial charge in [0, 0.05) is 38.1 Å². The highest BCUT2D eigenvalue weighted by Crippen LogP contribution is 2.46. The summed E-state index contributed by atoms with van der Waals surface area (Å²) in [6.45, 7) is 4.44. The Hall–Kier alpha value is -1.85. The monoisotopic (exact) mass is 412 g/mol. The van der Waals surface area contributed by atoms with E-state index in [0.29, 0.717) is 11.7 Å². The van der Waals surface area contributed by atoms with E-state index in [-0.39, 0.29) is 17.1 Å². The van der Waals surface area contributed by atoms with Crippen molar-refractivity contribution in [1.82, 2.24) is 9.80 Å². The molecule has 2 atom stereocenters. The van der Waals surface area contributed by atoms with Crippen LogP contribution >= 0.6 is 11.8 Å². The number of fused-ring (bicyclic) bond motifs is 1. The van der Waals surface area contributed by atoms with Crippen molar-refractivity contribution in [3.05, 3.63) is 71.5 Å². The van der Waals surface area contributed by atoms with Gasteiger partial charge < -0.3 is 4.90 Å². The SMILES string of the molecule is CSCC(=O)N1CC2CN(Cc3cccc(F)c3)CC2(CCc2ccccc2)C1. The topological polar surface area (TPSA) is 23.6 Å². The van der Waals surface area contributed by atoms with E-state index in [1.807, 2.05) is 12.3 Å². The number of aryl methyl sites for hydroxylation is 1. The molecule has 2 fully saturated rings. The second-order valence-corrected chi connectivity index (χ2v) is 9.42. The summed E-state index contributed by atoms with van der Waals surface area (Å²) in [5.74, 6) is 1.15. The molecule has 0 saturated carbocycles. The number of nitrogens with zero attached hydrogens (tertiary/aromatic N) is 2. The third-order valence-electron chi connectivity index (χ3n) is 6.50. The lowest BCUT2D eigenvalue weighted by atomic mass is 9.76. The predicted octanol–water partition coefficient (Wildman–Crippen LogP) is 4.08. The molecular weight excluding hydrogens is 383 g/mol. The van der Waals surface area contributed by atoms with Crippen molar-refractivity contribution < 1.29 is 9.18 Å².